The fourth-order valence-corrected chi connectivity index (χ4v) is 2.49. The van der Waals surface area contributed by atoms with Crippen molar-refractivity contribution in [1.29, 1.82) is 0 Å². The highest BCUT2D eigenvalue weighted by Crippen LogP contribution is 2.22. The highest BCUT2D eigenvalue weighted by molar-refractivity contribution is 5.85. The predicted molar refractivity (Wildman–Crippen MR) is 77.5 cm³/mol. The molecule has 0 aliphatic carbocycles. The molecule has 114 valence electrons. The van der Waals surface area contributed by atoms with E-state index in [4.69, 9.17) is 4.52 Å². The van der Waals surface area contributed by atoms with E-state index in [1.165, 1.54) is 12.8 Å². The first kappa shape index (κ1) is 16.9. The van der Waals surface area contributed by atoms with Crippen LogP contribution in [0.4, 0.5) is 0 Å². The second-order valence-corrected chi connectivity index (χ2v) is 5.29. The number of carbonyl (C=O) groups excluding carboxylic acids is 1. The molecule has 0 saturated carbocycles. The molecule has 1 fully saturated rings. The van der Waals surface area contributed by atoms with E-state index >= 15 is 0 Å². The molecule has 1 aromatic rings. The van der Waals surface area contributed by atoms with Crippen LogP contribution in [0.5, 0.6) is 0 Å². The first-order valence-corrected chi connectivity index (χ1v) is 6.91. The topological polar surface area (TPSA) is 80.0 Å². The van der Waals surface area contributed by atoms with Gasteiger partial charge in [0.15, 0.2) is 5.82 Å². The minimum atomic E-state index is 0. The van der Waals surface area contributed by atoms with E-state index in [0.29, 0.717) is 36.5 Å². The summed E-state index contributed by atoms with van der Waals surface area (Å²) in [6.45, 7) is 6.35. The molecule has 0 bridgehead atoms. The number of amides is 1. The van der Waals surface area contributed by atoms with Crippen LogP contribution in [0.2, 0.25) is 0 Å². The van der Waals surface area contributed by atoms with Crippen molar-refractivity contribution in [3.63, 3.8) is 0 Å². The van der Waals surface area contributed by atoms with Gasteiger partial charge in [0.25, 0.3) is 0 Å². The highest BCUT2D eigenvalue weighted by Gasteiger charge is 2.22. The van der Waals surface area contributed by atoms with Crippen molar-refractivity contribution in [3.05, 3.63) is 11.7 Å². The molecular formula is C13H23ClN4O2. The van der Waals surface area contributed by atoms with Crippen LogP contribution in [0.1, 0.15) is 37.9 Å². The molecular weight excluding hydrogens is 280 g/mol. The van der Waals surface area contributed by atoms with Crippen molar-refractivity contribution in [3.8, 4) is 0 Å². The van der Waals surface area contributed by atoms with E-state index in [2.05, 4.69) is 27.7 Å². The fraction of sp³-hybridized carbons (Fsp3) is 0.769. The summed E-state index contributed by atoms with van der Waals surface area (Å²) in [5.74, 6) is 2.11. The largest absolute Gasteiger partial charge is 0.349 e. The summed E-state index contributed by atoms with van der Waals surface area (Å²) < 4.78 is 4.85. The molecule has 2 rings (SSSR count). The number of rotatable bonds is 5. The maximum absolute atomic E-state index is 11.9. The van der Waals surface area contributed by atoms with E-state index in [0.717, 1.165) is 13.1 Å². The molecule has 0 radical (unpaired) electrons. The molecule has 1 aliphatic heterocycles. The van der Waals surface area contributed by atoms with Crippen LogP contribution >= 0.6 is 12.4 Å². The van der Waals surface area contributed by atoms with Gasteiger partial charge in [-0.2, -0.15) is 4.98 Å². The number of aryl methyl sites for hydroxylation is 1. The Morgan fingerprint density at radius 2 is 2.40 bits per heavy atom. The van der Waals surface area contributed by atoms with Crippen LogP contribution in [0.3, 0.4) is 0 Å². The SMILES string of the molecule is Cc1nc(CNC(=O)CC(C)C2CCCNC2)no1.Cl. The molecule has 1 aliphatic rings. The summed E-state index contributed by atoms with van der Waals surface area (Å²) in [7, 11) is 0. The molecule has 1 aromatic heterocycles. The summed E-state index contributed by atoms with van der Waals surface area (Å²) in [6, 6.07) is 0. The van der Waals surface area contributed by atoms with Gasteiger partial charge in [-0.05, 0) is 37.8 Å². The van der Waals surface area contributed by atoms with Crippen molar-refractivity contribution in [1.82, 2.24) is 20.8 Å². The van der Waals surface area contributed by atoms with Crippen molar-refractivity contribution in [2.45, 2.75) is 39.7 Å². The maximum atomic E-state index is 11.9. The van der Waals surface area contributed by atoms with Gasteiger partial charge >= 0.3 is 0 Å². The van der Waals surface area contributed by atoms with Gasteiger partial charge in [0.1, 0.15) is 0 Å². The van der Waals surface area contributed by atoms with Gasteiger partial charge in [-0.25, -0.2) is 0 Å². The highest BCUT2D eigenvalue weighted by atomic mass is 35.5. The van der Waals surface area contributed by atoms with Crippen LogP contribution in [-0.2, 0) is 11.3 Å². The fourth-order valence-electron chi connectivity index (χ4n) is 2.49. The minimum Gasteiger partial charge on any atom is -0.349 e. The molecule has 0 aromatic carbocycles. The molecule has 7 heteroatoms. The minimum absolute atomic E-state index is 0. The number of hydrogen-bond donors (Lipinski definition) is 2. The normalized spacial score (nSPS) is 20.0. The first-order valence-electron chi connectivity index (χ1n) is 6.91. The zero-order valence-corrected chi connectivity index (χ0v) is 12.8. The quantitative estimate of drug-likeness (QED) is 0.860. The van der Waals surface area contributed by atoms with Crippen molar-refractivity contribution in [2.75, 3.05) is 13.1 Å². The Bertz CT molecular complexity index is 418. The second kappa shape index (κ2) is 8.21. The smallest absolute Gasteiger partial charge is 0.223 e. The van der Waals surface area contributed by atoms with Gasteiger partial charge in [-0.15, -0.1) is 12.4 Å². The summed E-state index contributed by atoms with van der Waals surface area (Å²) in [5, 5.41) is 9.97. The van der Waals surface area contributed by atoms with Crippen LogP contribution in [0, 0.1) is 18.8 Å². The van der Waals surface area contributed by atoms with Crippen LogP contribution in [0.25, 0.3) is 0 Å². The van der Waals surface area contributed by atoms with Crippen molar-refractivity contribution in [2.24, 2.45) is 11.8 Å². The molecule has 1 amide bonds. The third kappa shape index (κ3) is 5.09. The Morgan fingerprint density at radius 3 is 3.00 bits per heavy atom. The van der Waals surface area contributed by atoms with Gasteiger partial charge < -0.3 is 15.2 Å². The molecule has 2 heterocycles. The van der Waals surface area contributed by atoms with Gasteiger partial charge in [0, 0.05) is 13.3 Å². The third-order valence-corrected chi connectivity index (χ3v) is 3.66. The maximum Gasteiger partial charge on any atom is 0.223 e. The molecule has 2 N–H and O–H groups in total. The van der Waals surface area contributed by atoms with E-state index < -0.39 is 0 Å². The van der Waals surface area contributed by atoms with Gasteiger partial charge in [0.05, 0.1) is 6.54 Å². The standard InChI is InChI=1S/C13H22N4O2.ClH/c1-9(11-4-3-5-14-7-11)6-13(18)15-8-12-16-10(2)19-17-12;/h9,11,14H,3-8H2,1-2H3,(H,15,18);1H. The number of carbonyl (C=O) groups is 1. The van der Waals surface area contributed by atoms with E-state index in [9.17, 15) is 4.79 Å². The Labute approximate surface area is 125 Å². The van der Waals surface area contributed by atoms with Crippen LogP contribution in [0.15, 0.2) is 4.52 Å². The lowest BCUT2D eigenvalue weighted by atomic mass is 9.85. The monoisotopic (exact) mass is 302 g/mol. The number of piperidine rings is 1. The average Bonchev–Trinajstić information content (AvgIpc) is 2.83. The summed E-state index contributed by atoms with van der Waals surface area (Å²) in [5.41, 5.74) is 0. The Morgan fingerprint density at radius 1 is 1.60 bits per heavy atom. The molecule has 0 spiro atoms. The Hall–Kier alpha value is -1.14. The Balaban J connectivity index is 0.00000200. The zero-order valence-electron chi connectivity index (χ0n) is 12.0. The van der Waals surface area contributed by atoms with E-state index in [-0.39, 0.29) is 18.3 Å². The van der Waals surface area contributed by atoms with E-state index in [1.807, 2.05) is 0 Å². The molecule has 20 heavy (non-hydrogen) atoms. The molecule has 6 nitrogen and oxygen atoms in total. The number of nitrogens with zero attached hydrogens (tertiary/aromatic N) is 2. The van der Waals surface area contributed by atoms with Crippen molar-refractivity contribution < 1.29 is 9.32 Å². The van der Waals surface area contributed by atoms with Gasteiger partial charge in [0.2, 0.25) is 11.8 Å². The Kier molecular flexibility index (Phi) is 6.95. The lowest BCUT2D eigenvalue weighted by Gasteiger charge is -2.27. The molecule has 1 saturated heterocycles. The van der Waals surface area contributed by atoms with Crippen molar-refractivity contribution >= 4 is 18.3 Å². The first-order chi connectivity index (χ1) is 9.15. The number of hydrogen-bond acceptors (Lipinski definition) is 5. The molecule has 2 atom stereocenters. The summed E-state index contributed by atoms with van der Waals surface area (Å²) in [4.78, 5) is 15.9. The number of aromatic nitrogens is 2. The zero-order chi connectivity index (χ0) is 13.7. The van der Waals surface area contributed by atoms with Gasteiger partial charge in [-0.1, -0.05) is 12.1 Å². The predicted octanol–water partition coefficient (Wildman–Crippen LogP) is 1.44. The lowest BCUT2D eigenvalue weighted by molar-refractivity contribution is -0.122. The van der Waals surface area contributed by atoms with E-state index in [1.54, 1.807) is 6.92 Å². The summed E-state index contributed by atoms with van der Waals surface area (Å²) >= 11 is 0. The average molecular weight is 303 g/mol. The second-order valence-electron chi connectivity index (χ2n) is 5.29. The third-order valence-electron chi connectivity index (χ3n) is 3.66. The number of halogens is 1. The summed E-state index contributed by atoms with van der Waals surface area (Å²) in [6.07, 6.45) is 2.98. The van der Waals surface area contributed by atoms with Gasteiger partial charge in [-0.3, -0.25) is 4.79 Å². The molecule has 2 unspecified atom stereocenters. The van der Waals surface area contributed by atoms with Crippen LogP contribution < -0.4 is 10.6 Å². The lowest BCUT2D eigenvalue weighted by Crippen LogP contribution is -2.35. The number of nitrogens with one attached hydrogen (secondary N) is 2. The van der Waals surface area contributed by atoms with Crippen LogP contribution in [-0.4, -0.2) is 29.1 Å².